The van der Waals surface area contributed by atoms with Gasteiger partial charge in [0, 0.05) is 30.0 Å². The first kappa shape index (κ1) is 42.6. The number of hydrogen-bond acceptors (Lipinski definition) is 4. The normalized spacial score (nSPS) is 14.5. The highest BCUT2D eigenvalue weighted by Gasteiger charge is 2.39. The molecule has 55 heavy (non-hydrogen) atoms. The van der Waals surface area contributed by atoms with E-state index in [4.69, 9.17) is 5.11 Å². The van der Waals surface area contributed by atoms with Crippen molar-refractivity contribution in [3.8, 4) is 22.4 Å². The Labute approximate surface area is 326 Å². The van der Waals surface area contributed by atoms with Crippen LogP contribution in [0.4, 0.5) is 8.78 Å². The molecule has 1 aliphatic rings. The van der Waals surface area contributed by atoms with Gasteiger partial charge in [-0.1, -0.05) is 94.8 Å². The second kappa shape index (κ2) is 20.5. The molecule has 9 nitrogen and oxygen atoms in total. The van der Waals surface area contributed by atoms with E-state index in [1.54, 1.807) is 6.20 Å². The van der Waals surface area contributed by atoms with Crippen LogP contribution in [0.25, 0.3) is 38.9 Å². The minimum absolute atomic E-state index is 0. The number of fused-ring (bicyclic) bond motifs is 3. The second-order valence-electron chi connectivity index (χ2n) is 13.9. The molecule has 0 spiro atoms. The van der Waals surface area contributed by atoms with Gasteiger partial charge in [-0.3, -0.25) is 4.79 Å². The number of halogens is 3. The van der Waals surface area contributed by atoms with E-state index in [2.05, 4.69) is 69.9 Å². The largest absolute Gasteiger partial charge is 1.00 e. The summed E-state index contributed by atoms with van der Waals surface area (Å²) in [6.45, 7) is 4.13. The molecule has 2 atom stereocenters. The number of allylic oxidation sites excluding steroid dienone is 2. The second-order valence-corrected chi connectivity index (χ2v) is 13.9. The van der Waals surface area contributed by atoms with E-state index < -0.39 is 23.9 Å². The lowest BCUT2D eigenvalue weighted by atomic mass is 9.71. The fraction of sp³-hybridized carbons (Fsp3) is 0.372. The monoisotopic (exact) mass is 773 g/mol. The molecule has 2 unspecified atom stereocenters. The number of H-pyrrole nitrogens is 2. The highest BCUT2D eigenvalue weighted by Crippen LogP contribution is 2.42. The number of hydrogen-bond donors (Lipinski definition) is 3. The van der Waals surface area contributed by atoms with E-state index in [0.717, 1.165) is 109 Å². The molecule has 0 bridgehead atoms. The topological polar surface area (TPSA) is 131 Å². The zero-order valence-electron chi connectivity index (χ0n) is 31.4. The number of aliphatic carboxylic acids is 1. The van der Waals surface area contributed by atoms with E-state index in [-0.39, 0.29) is 24.0 Å². The summed E-state index contributed by atoms with van der Waals surface area (Å²) in [6, 6.07) is 22.3. The predicted octanol–water partition coefficient (Wildman–Crippen LogP) is 5.84. The number of benzene rings is 2. The highest BCUT2D eigenvalue weighted by molar-refractivity contribution is 5.95. The summed E-state index contributed by atoms with van der Waals surface area (Å²) in [5, 5.41) is 19.0. The van der Waals surface area contributed by atoms with Crippen LogP contribution < -0.4 is 28.4 Å². The molecule has 4 N–H and O–H groups in total. The number of rotatable bonds is 16. The maximum Gasteiger partial charge on any atom is 0.347 e. The molecular weight excluding hydrogens is 724 g/mol. The van der Waals surface area contributed by atoms with Crippen molar-refractivity contribution in [1.29, 1.82) is 0 Å². The van der Waals surface area contributed by atoms with Crippen molar-refractivity contribution in [3.05, 3.63) is 113 Å². The molecule has 3 aromatic heterocycles. The number of unbranched alkanes of at least 4 members (excludes halogenated alkanes) is 4. The fourth-order valence-electron chi connectivity index (χ4n) is 6.73. The first-order valence-electron chi connectivity index (χ1n) is 19.0. The number of aromatic nitrogens is 4. The van der Waals surface area contributed by atoms with Crippen LogP contribution in [0.3, 0.4) is 0 Å². The van der Waals surface area contributed by atoms with Crippen LogP contribution in [0, 0.1) is 0 Å². The standard InChI is InChI=1S/C34H34FN5O2.C9H15FO2.ClH/c1-2-3-5-11-26(35)16-17-30(41)37-34(19-8-20-34)25-14-12-24(13-15-25)31-27(23-9-6-4-7-10-23)22-28-29(36-31)18-21-40-32(28)38-39-33(40)42;1-2-3-4-5-8(10)6-7-9(11)12;/h4,6-7,9-10,12-18,21-22,26H,2-3,5,8,11,19-20H2,1H3,(H,37,41)(H,39,42);6-8H,2-5H2,1H3,(H,11,12);1H/b17-16+;7-6+;. The quantitative estimate of drug-likeness (QED) is 0.0857. The average molecular weight is 774 g/mol. The Morgan fingerprint density at radius 1 is 0.927 bits per heavy atom. The van der Waals surface area contributed by atoms with Crippen molar-refractivity contribution in [2.45, 2.75) is 102 Å². The van der Waals surface area contributed by atoms with Gasteiger partial charge in [0.2, 0.25) is 17.1 Å². The number of carboxylic acids is 1. The third kappa shape index (κ3) is 11.2. The Balaban J connectivity index is 0.000000449. The van der Waals surface area contributed by atoms with E-state index in [1.165, 1.54) is 16.6 Å². The number of aromatic amines is 2. The predicted molar refractivity (Wildman–Crippen MR) is 208 cm³/mol. The van der Waals surface area contributed by atoms with Crippen molar-refractivity contribution < 1.29 is 40.9 Å². The maximum absolute atomic E-state index is 14.2. The van der Waals surface area contributed by atoms with Gasteiger partial charge in [-0.15, -0.1) is 0 Å². The zero-order chi connectivity index (χ0) is 38.5. The van der Waals surface area contributed by atoms with E-state index >= 15 is 0 Å². The van der Waals surface area contributed by atoms with Crippen LogP contribution in [0.5, 0.6) is 0 Å². The molecule has 3 heterocycles. The number of pyridine rings is 2. The van der Waals surface area contributed by atoms with E-state index in [1.807, 2.05) is 31.2 Å². The van der Waals surface area contributed by atoms with Crippen LogP contribution in [0.15, 0.2) is 102 Å². The number of alkyl halides is 2. The summed E-state index contributed by atoms with van der Waals surface area (Å²) in [6.07, 6.45) is 13.5. The summed E-state index contributed by atoms with van der Waals surface area (Å²) < 4.78 is 28.4. The van der Waals surface area contributed by atoms with Gasteiger partial charge < -0.3 is 22.8 Å². The lowest BCUT2D eigenvalue weighted by Crippen LogP contribution is -3.00. The number of amides is 1. The van der Waals surface area contributed by atoms with Gasteiger partial charge in [-0.05, 0) is 73.6 Å². The van der Waals surface area contributed by atoms with Crippen molar-refractivity contribution in [2.24, 2.45) is 0 Å². The lowest BCUT2D eigenvalue weighted by Gasteiger charge is -2.43. The Morgan fingerprint density at radius 3 is 2.15 bits per heavy atom. The van der Waals surface area contributed by atoms with Gasteiger partial charge in [0.1, 0.15) is 12.3 Å². The SMILES string of the molecule is CCCCCC(F)/C=C/C(=O)NC1(c2ccc(-c3[nH+]c4ccn5c(=O)[nH]nc5c4cc3-c3ccccc3)cc2)CCC1.CCCCCC(F)/C=C/C(=O)O.[Cl-]. The van der Waals surface area contributed by atoms with Crippen molar-refractivity contribution in [1.82, 2.24) is 19.9 Å². The average Bonchev–Trinajstić information content (AvgIpc) is 3.55. The maximum atomic E-state index is 14.2. The summed E-state index contributed by atoms with van der Waals surface area (Å²) in [5.74, 6) is -1.34. The molecule has 5 aromatic rings. The van der Waals surface area contributed by atoms with Gasteiger partial charge in [-0.2, -0.15) is 5.10 Å². The van der Waals surface area contributed by atoms with Gasteiger partial charge in [0.25, 0.3) is 0 Å². The summed E-state index contributed by atoms with van der Waals surface area (Å²) in [4.78, 5) is 38.5. The molecular formula is C43H50ClF2N5O4. The number of carboxylic acid groups (broad SMARTS) is 1. The molecule has 292 valence electrons. The Hall–Kier alpha value is -5.16. The molecule has 1 aliphatic carbocycles. The van der Waals surface area contributed by atoms with Gasteiger partial charge >= 0.3 is 11.7 Å². The Kier molecular flexibility index (Phi) is 15.9. The summed E-state index contributed by atoms with van der Waals surface area (Å²) in [5.41, 5.74) is 5.68. The number of carbonyl (C=O) groups is 2. The van der Waals surface area contributed by atoms with Gasteiger partial charge in [0.05, 0.1) is 16.5 Å². The minimum atomic E-state index is -1.10. The van der Waals surface area contributed by atoms with E-state index in [9.17, 15) is 23.2 Å². The van der Waals surface area contributed by atoms with Crippen LogP contribution in [-0.2, 0) is 15.1 Å². The molecule has 2 aromatic carbocycles. The van der Waals surface area contributed by atoms with Crippen LogP contribution >= 0.6 is 0 Å². The van der Waals surface area contributed by atoms with Crippen LogP contribution in [0.2, 0.25) is 0 Å². The number of nitrogens with zero attached hydrogens (tertiary/aromatic N) is 2. The van der Waals surface area contributed by atoms with Gasteiger partial charge in [-0.25, -0.2) is 32.9 Å². The third-order valence-electron chi connectivity index (χ3n) is 9.89. The molecule has 6 rings (SSSR count). The van der Waals surface area contributed by atoms with Crippen molar-refractivity contribution >= 4 is 28.4 Å². The molecule has 1 fully saturated rings. The molecule has 0 saturated heterocycles. The van der Waals surface area contributed by atoms with E-state index in [0.29, 0.717) is 18.5 Å². The van der Waals surface area contributed by atoms with Gasteiger partial charge in [0.15, 0.2) is 5.65 Å². The van der Waals surface area contributed by atoms with Crippen LogP contribution in [-0.4, -0.2) is 43.9 Å². The molecule has 0 aliphatic heterocycles. The molecule has 1 amide bonds. The molecule has 12 heteroatoms. The first-order valence-corrected chi connectivity index (χ1v) is 19.0. The van der Waals surface area contributed by atoms with Crippen LogP contribution in [0.1, 0.15) is 90.0 Å². The molecule has 0 radical (unpaired) electrons. The minimum Gasteiger partial charge on any atom is -1.00 e. The summed E-state index contributed by atoms with van der Waals surface area (Å²) >= 11 is 0. The number of nitrogens with one attached hydrogen (secondary N) is 3. The highest BCUT2D eigenvalue weighted by atomic mass is 35.5. The Bertz CT molecular complexity index is 2130. The van der Waals surface area contributed by atoms with Crippen molar-refractivity contribution in [3.63, 3.8) is 0 Å². The Morgan fingerprint density at radius 2 is 1.56 bits per heavy atom. The molecule has 1 saturated carbocycles. The first-order chi connectivity index (χ1) is 26.1. The lowest BCUT2D eigenvalue weighted by molar-refractivity contribution is -0.330. The smallest absolute Gasteiger partial charge is 0.347 e. The fourth-order valence-corrected chi connectivity index (χ4v) is 6.73. The summed E-state index contributed by atoms with van der Waals surface area (Å²) in [7, 11) is 0. The number of carbonyl (C=O) groups excluding carboxylic acids is 1. The third-order valence-corrected chi connectivity index (χ3v) is 9.89. The van der Waals surface area contributed by atoms with Crippen molar-refractivity contribution in [2.75, 3.05) is 0 Å². The zero-order valence-corrected chi connectivity index (χ0v) is 32.1.